The minimum atomic E-state index is -3.14. The average molecular weight is 242 g/mol. The molecule has 92 valence electrons. The van der Waals surface area contributed by atoms with Gasteiger partial charge >= 0.3 is 0 Å². The van der Waals surface area contributed by atoms with Crippen molar-refractivity contribution in [2.75, 3.05) is 11.9 Å². The number of halogens is 2. The highest BCUT2D eigenvalue weighted by molar-refractivity contribution is 5.95. The molecule has 0 saturated carbocycles. The second-order valence-corrected chi connectivity index (χ2v) is 3.96. The Morgan fingerprint density at radius 1 is 1.53 bits per heavy atom. The summed E-state index contributed by atoms with van der Waals surface area (Å²) in [5.41, 5.74) is 5.25. The lowest BCUT2D eigenvalue weighted by Crippen LogP contribution is -2.36. The Bertz CT molecular complexity index is 461. The predicted octanol–water partition coefficient (Wildman–Crippen LogP) is 1.46. The Labute approximate surface area is 96.7 Å². The molecule has 1 atom stereocenters. The SMILES string of the molecule is CC(N)C(F)(F)c1ccc2c(c1)NC(=O)CO2. The zero-order valence-electron chi connectivity index (χ0n) is 9.17. The Balaban J connectivity index is 2.39. The summed E-state index contributed by atoms with van der Waals surface area (Å²) in [6.07, 6.45) is 0. The molecule has 0 saturated heterocycles. The van der Waals surface area contributed by atoms with Crippen LogP contribution < -0.4 is 15.8 Å². The highest BCUT2D eigenvalue weighted by atomic mass is 19.3. The van der Waals surface area contributed by atoms with Crippen molar-refractivity contribution in [3.8, 4) is 5.75 Å². The van der Waals surface area contributed by atoms with Crippen molar-refractivity contribution in [1.82, 2.24) is 0 Å². The maximum absolute atomic E-state index is 13.7. The van der Waals surface area contributed by atoms with Crippen molar-refractivity contribution in [3.63, 3.8) is 0 Å². The van der Waals surface area contributed by atoms with E-state index in [2.05, 4.69) is 5.32 Å². The fourth-order valence-electron chi connectivity index (χ4n) is 1.55. The van der Waals surface area contributed by atoms with Crippen LogP contribution in [-0.2, 0) is 10.7 Å². The van der Waals surface area contributed by atoms with Gasteiger partial charge in [0.2, 0.25) is 0 Å². The van der Waals surface area contributed by atoms with Crippen LogP contribution in [0.2, 0.25) is 0 Å². The van der Waals surface area contributed by atoms with E-state index in [4.69, 9.17) is 10.5 Å². The lowest BCUT2D eigenvalue weighted by Gasteiger charge is -2.23. The van der Waals surface area contributed by atoms with E-state index in [1.165, 1.54) is 25.1 Å². The molecule has 0 aromatic heterocycles. The second kappa shape index (κ2) is 3.96. The van der Waals surface area contributed by atoms with Crippen LogP contribution in [0.25, 0.3) is 0 Å². The summed E-state index contributed by atoms with van der Waals surface area (Å²) >= 11 is 0. The maximum Gasteiger partial charge on any atom is 0.287 e. The Kier molecular flexibility index (Phi) is 2.74. The fraction of sp³-hybridized carbons (Fsp3) is 0.364. The van der Waals surface area contributed by atoms with Gasteiger partial charge in [0.25, 0.3) is 11.8 Å². The highest BCUT2D eigenvalue weighted by Gasteiger charge is 2.37. The summed E-state index contributed by atoms with van der Waals surface area (Å²) in [5.74, 6) is -3.12. The standard InChI is InChI=1S/C11H12F2N2O2/c1-6(14)11(12,13)7-2-3-9-8(4-7)15-10(16)5-17-9/h2-4,6H,5,14H2,1H3,(H,15,16). The molecule has 0 aliphatic carbocycles. The first-order valence-corrected chi connectivity index (χ1v) is 5.12. The van der Waals surface area contributed by atoms with Gasteiger partial charge < -0.3 is 15.8 Å². The van der Waals surface area contributed by atoms with Crippen LogP contribution in [0.1, 0.15) is 12.5 Å². The predicted molar refractivity (Wildman–Crippen MR) is 58.1 cm³/mol. The summed E-state index contributed by atoms with van der Waals surface area (Å²) < 4.78 is 32.4. The zero-order valence-corrected chi connectivity index (χ0v) is 9.17. The molecular weight excluding hydrogens is 230 g/mol. The smallest absolute Gasteiger partial charge is 0.287 e. The van der Waals surface area contributed by atoms with Gasteiger partial charge in [0.05, 0.1) is 11.7 Å². The number of rotatable bonds is 2. The van der Waals surface area contributed by atoms with Crippen molar-refractivity contribution in [3.05, 3.63) is 23.8 Å². The molecule has 1 unspecified atom stereocenters. The summed E-state index contributed by atoms with van der Waals surface area (Å²) in [5, 5.41) is 2.47. The van der Waals surface area contributed by atoms with Gasteiger partial charge in [0, 0.05) is 5.56 Å². The molecule has 0 fully saturated rings. The Morgan fingerprint density at radius 3 is 2.88 bits per heavy atom. The summed E-state index contributed by atoms with van der Waals surface area (Å²) in [6, 6.07) is 2.54. The molecule has 1 aromatic carbocycles. The van der Waals surface area contributed by atoms with Crippen molar-refractivity contribution in [2.45, 2.75) is 18.9 Å². The van der Waals surface area contributed by atoms with Crippen molar-refractivity contribution in [2.24, 2.45) is 5.73 Å². The quantitative estimate of drug-likeness (QED) is 0.825. The molecule has 1 aliphatic heterocycles. The summed E-state index contributed by atoms with van der Waals surface area (Å²) in [6.45, 7) is 1.13. The molecule has 17 heavy (non-hydrogen) atoms. The van der Waals surface area contributed by atoms with Gasteiger partial charge in [-0.15, -0.1) is 0 Å². The maximum atomic E-state index is 13.7. The number of carbonyl (C=O) groups is 1. The number of hydrogen-bond donors (Lipinski definition) is 2. The van der Waals surface area contributed by atoms with E-state index in [-0.39, 0.29) is 23.8 Å². The van der Waals surface area contributed by atoms with Crippen LogP contribution in [0.5, 0.6) is 5.75 Å². The number of carbonyl (C=O) groups excluding carboxylic acids is 1. The van der Waals surface area contributed by atoms with E-state index in [1.807, 2.05) is 0 Å². The third-order valence-corrected chi connectivity index (χ3v) is 2.57. The average Bonchev–Trinajstić information content (AvgIpc) is 2.27. The first kappa shape index (κ1) is 11.8. The van der Waals surface area contributed by atoms with E-state index < -0.39 is 12.0 Å². The fourth-order valence-corrected chi connectivity index (χ4v) is 1.55. The van der Waals surface area contributed by atoms with Gasteiger partial charge in [-0.25, -0.2) is 0 Å². The zero-order chi connectivity index (χ0) is 12.6. The number of hydrogen-bond acceptors (Lipinski definition) is 3. The molecule has 0 spiro atoms. The second-order valence-electron chi connectivity index (χ2n) is 3.96. The van der Waals surface area contributed by atoms with Gasteiger partial charge in [-0.3, -0.25) is 4.79 Å². The van der Waals surface area contributed by atoms with Gasteiger partial charge in [-0.1, -0.05) is 0 Å². The molecule has 2 rings (SSSR count). The number of ether oxygens (including phenoxy) is 1. The molecule has 0 bridgehead atoms. The third-order valence-electron chi connectivity index (χ3n) is 2.57. The van der Waals surface area contributed by atoms with Crippen LogP contribution in [0, 0.1) is 0 Å². The van der Waals surface area contributed by atoms with Crippen molar-refractivity contribution >= 4 is 11.6 Å². The van der Waals surface area contributed by atoms with Crippen LogP contribution in [0.4, 0.5) is 14.5 Å². The number of anilines is 1. The Hall–Kier alpha value is -1.69. The topological polar surface area (TPSA) is 64.3 Å². The normalized spacial score (nSPS) is 16.8. The van der Waals surface area contributed by atoms with Crippen LogP contribution >= 0.6 is 0 Å². The highest BCUT2D eigenvalue weighted by Crippen LogP contribution is 2.36. The van der Waals surface area contributed by atoms with Gasteiger partial charge in [0.1, 0.15) is 5.75 Å². The van der Waals surface area contributed by atoms with Gasteiger partial charge in [0.15, 0.2) is 6.61 Å². The van der Waals surface area contributed by atoms with Crippen LogP contribution in [0.3, 0.4) is 0 Å². The minimum Gasteiger partial charge on any atom is -0.482 e. The number of amides is 1. The largest absolute Gasteiger partial charge is 0.482 e. The number of benzene rings is 1. The first-order valence-electron chi connectivity index (χ1n) is 5.12. The lowest BCUT2D eigenvalue weighted by molar-refractivity contribution is -0.118. The molecule has 1 heterocycles. The van der Waals surface area contributed by atoms with Crippen molar-refractivity contribution < 1.29 is 18.3 Å². The molecule has 6 heteroatoms. The molecule has 4 nitrogen and oxygen atoms in total. The number of nitrogens with one attached hydrogen (secondary N) is 1. The monoisotopic (exact) mass is 242 g/mol. The minimum absolute atomic E-state index is 0.101. The molecular formula is C11H12F2N2O2. The number of fused-ring (bicyclic) bond motifs is 1. The first-order chi connectivity index (χ1) is 7.91. The van der Waals surface area contributed by atoms with E-state index in [1.54, 1.807) is 0 Å². The number of nitrogens with two attached hydrogens (primary N) is 1. The van der Waals surface area contributed by atoms with Crippen molar-refractivity contribution in [1.29, 1.82) is 0 Å². The van der Waals surface area contributed by atoms with Gasteiger partial charge in [-0.05, 0) is 25.1 Å². The molecule has 1 aromatic rings. The molecule has 1 amide bonds. The van der Waals surface area contributed by atoms with E-state index in [9.17, 15) is 13.6 Å². The molecule has 0 radical (unpaired) electrons. The summed E-state index contributed by atoms with van der Waals surface area (Å²) in [7, 11) is 0. The lowest BCUT2D eigenvalue weighted by atomic mass is 10.0. The molecule has 3 N–H and O–H groups in total. The van der Waals surface area contributed by atoms with E-state index in [0.29, 0.717) is 5.75 Å². The van der Waals surface area contributed by atoms with E-state index in [0.717, 1.165) is 0 Å². The Morgan fingerprint density at radius 2 is 2.24 bits per heavy atom. The summed E-state index contributed by atoms with van der Waals surface area (Å²) in [4.78, 5) is 11.1. The van der Waals surface area contributed by atoms with Gasteiger partial charge in [-0.2, -0.15) is 8.78 Å². The van der Waals surface area contributed by atoms with E-state index >= 15 is 0 Å². The number of alkyl halides is 2. The van der Waals surface area contributed by atoms with Crippen LogP contribution in [-0.4, -0.2) is 18.6 Å². The third kappa shape index (κ3) is 2.08. The van der Waals surface area contributed by atoms with Crippen LogP contribution in [0.15, 0.2) is 18.2 Å². The molecule has 1 aliphatic rings.